The van der Waals surface area contributed by atoms with Crippen LogP contribution >= 0.6 is 0 Å². The molecule has 17 heavy (non-hydrogen) atoms. The van der Waals surface area contributed by atoms with Crippen LogP contribution in [0, 0.1) is 6.92 Å². The van der Waals surface area contributed by atoms with Gasteiger partial charge in [0.15, 0.2) is 0 Å². The highest BCUT2D eigenvalue weighted by Gasteiger charge is 2.01. The standard InChI is InChI=1S/C12H14N4O/c1-9-15-11(7-12(16-9)17-2)14-8-10-3-5-13-6-4-10/h3-7H,8H2,1-2H3,(H,14,15,16). The molecule has 0 aliphatic heterocycles. The second-order valence-electron chi connectivity index (χ2n) is 3.55. The first kappa shape index (κ1) is 11.3. The van der Waals surface area contributed by atoms with Gasteiger partial charge in [0, 0.05) is 25.0 Å². The topological polar surface area (TPSA) is 59.9 Å². The Morgan fingerprint density at radius 2 is 2.00 bits per heavy atom. The minimum atomic E-state index is 0.565. The molecule has 0 atom stereocenters. The maximum atomic E-state index is 5.09. The number of anilines is 1. The first-order chi connectivity index (χ1) is 8.28. The van der Waals surface area contributed by atoms with Gasteiger partial charge >= 0.3 is 0 Å². The Morgan fingerprint density at radius 1 is 1.24 bits per heavy atom. The van der Waals surface area contributed by atoms with E-state index >= 15 is 0 Å². The molecule has 0 saturated carbocycles. The van der Waals surface area contributed by atoms with E-state index in [1.54, 1.807) is 25.6 Å². The van der Waals surface area contributed by atoms with E-state index in [4.69, 9.17) is 4.74 Å². The third-order valence-electron chi connectivity index (χ3n) is 2.25. The number of rotatable bonds is 4. The number of hydrogen-bond donors (Lipinski definition) is 1. The van der Waals surface area contributed by atoms with Gasteiger partial charge in [0.25, 0.3) is 0 Å². The third kappa shape index (κ3) is 3.14. The van der Waals surface area contributed by atoms with Crippen LogP contribution in [0.1, 0.15) is 11.4 Å². The molecule has 0 spiro atoms. The maximum absolute atomic E-state index is 5.09. The van der Waals surface area contributed by atoms with Crippen molar-refractivity contribution in [2.75, 3.05) is 12.4 Å². The van der Waals surface area contributed by atoms with Gasteiger partial charge in [-0.05, 0) is 24.6 Å². The fourth-order valence-electron chi connectivity index (χ4n) is 1.43. The van der Waals surface area contributed by atoms with Gasteiger partial charge in [-0.15, -0.1) is 0 Å². The van der Waals surface area contributed by atoms with Crippen molar-refractivity contribution in [3.05, 3.63) is 42.0 Å². The fraction of sp³-hybridized carbons (Fsp3) is 0.250. The number of ether oxygens (including phenoxy) is 1. The minimum absolute atomic E-state index is 0.565. The molecule has 2 rings (SSSR count). The van der Waals surface area contributed by atoms with Gasteiger partial charge in [-0.1, -0.05) is 0 Å². The monoisotopic (exact) mass is 230 g/mol. The van der Waals surface area contributed by atoms with Gasteiger partial charge in [0.1, 0.15) is 11.6 Å². The summed E-state index contributed by atoms with van der Waals surface area (Å²) in [6.45, 7) is 2.53. The molecule has 2 aromatic rings. The van der Waals surface area contributed by atoms with Gasteiger partial charge in [-0.3, -0.25) is 4.98 Å². The Kier molecular flexibility index (Phi) is 3.49. The first-order valence-electron chi connectivity index (χ1n) is 5.30. The van der Waals surface area contributed by atoms with Crippen molar-refractivity contribution in [3.63, 3.8) is 0 Å². The van der Waals surface area contributed by atoms with Crippen LogP contribution in [0.5, 0.6) is 5.88 Å². The molecule has 88 valence electrons. The lowest BCUT2D eigenvalue weighted by Crippen LogP contribution is -2.04. The lowest BCUT2D eigenvalue weighted by Gasteiger charge is -2.07. The van der Waals surface area contributed by atoms with E-state index in [0.29, 0.717) is 18.2 Å². The summed E-state index contributed by atoms with van der Waals surface area (Å²) in [5, 5.41) is 3.22. The summed E-state index contributed by atoms with van der Waals surface area (Å²) in [5.74, 6) is 2.00. The molecule has 5 heteroatoms. The van der Waals surface area contributed by atoms with Crippen LogP contribution < -0.4 is 10.1 Å². The lowest BCUT2D eigenvalue weighted by molar-refractivity contribution is 0.396. The summed E-state index contributed by atoms with van der Waals surface area (Å²) >= 11 is 0. The summed E-state index contributed by atoms with van der Waals surface area (Å²) in [6.07, 6.45) is 3.53. The minimum Gasteiger partial charge on any atom is -0.481 e. The molecular formula is C12H14N4O. The zero-order valence-electron chi connectivity index (χ0n) is 9.84. The smallest absolute Gasteiger partial charge is 0.218 e. The SMILES string of the molecule is COc1cc(NCc2ccncc2)nc(C)n1. The van der Waals surface area contributed by atoms with Crippen LogP contribution in [0.4, 0.5) is 5.82 Å². The highest BCUT2D eigenvalue weighted by Crippen LogP contribution is 2.13. The van der Waals surface area contributed by atoms with E-state index in [2.05, 4.69) is 20.3 Å². The summed E-state index contributed by atoms with van der Waals surface area (Å²) in [6, 6.07) is 5.69. The molecule has 0 aliphatic carbocycles. The second-order valence-corrected chi connectivity index (χ2v) is 3.55. The molecule has 1 N–H and O–H groups in total. The van der Waals surface area contributed by atoms with E-state index in [9.17, 15) is 0 Å². The van der Waals surface area contributed by atoms with Crippen molar-refractivity contribution < 1.29 is 4.74 Å². The number of hydrogen-bond acceptors (Lipinski definition) is 5. The Morgan fingerprint density at radius 3 is 2.71 bits per heavy atom. The average Bonchev–Trinajstić information content (AvgIpc) is 2.37. The van der Waals surface area contributed by atoms with Gasteiger partial charge < -0.3 is 10.1 Å². The molecule has 0 bridgehead atoms. The van der Waals surface area contributed by atoms with Gasteiger partial charge in [0.2, 0.25) is 5.88 Å². The van der Waals surface area contributed by atoms with Crippen LogP contribution in [-0.4, -0.2) is 22.1 Å². The third-order valence-corrected chi connectivity index (χ3v) is 2.25. The quantitative estimate of drug-likeness (QED) is 0.867. The van der Waals surface area contributed by atoms with Crippen molar-refractivity contribution in [2.24, 2.45) is 0 Å². The second kappa shape index (κ2) is 5.25. The van der Waals surface area contributed by atoms with E-state index < -0.39 is 0 Å². The van der Waals surface area contributed by atoms with Gasteiger partial charge in [-0.25, -0.2) is 4.98 Å². The zero-order chi connectivity index (χ0) is 12.1. The highest BCUT2D eigenvalue weighted by atomic mass is 16.5. The van der Waals surface area contributed by atoms with Gasteiger partial charge in [0.05, 0.1) is 7.11 Å². The molecule has 0 saturated heterocycles. The van der Waals surface area contributed by atoms with Crippen molar-refractivity contribution in [1.82, 2.24) is 15.0 Å². The highest BCUT2D eigenvalue weighted by molar-refractivity contribution is 5.39. The predicted molar refractivity (Wildman–Crippen MR) is 64.9 cm³/mol. The molecule has 0 aromatic carbocycles. The molecular weight excluding hydrogens is 216 g/mol. The fourth-order valence-corrected chi connectivity index (χ4v) is 1.43. The summed E-state index contributed by atoms with van der Waals surface area (Å²) in [5.41, 5.74) is 1.15. The predicted octanol–water partition coefficient (Wildman–Crippen LogP) is 1.80. The summed E-state index contributed by atoms with van der Waals surface area (Å²) < 4.78 is 5.09. The Hall–Kier alpha value is -2.17. The van der Waals surface area contributed by atoms with Crippen molar-refractivity contribution >= 4 is 5.82 Å². The van der Waals surface area contributed by atoms with E-state index in [1.807, 2.05) is 19.1 Å². The number of aryl methyl sites for hydroxylation is 1. The Labute approximate surface area is 99.9 Å². The van der Waals surface area contributed by atoms with Crippen molar-refractivity contribution in [1.29, 1.82) is 0 Å². The molecule has 2 heterocycles. The number of nitrogens with one attached hydrogen (secondary N) is 1. The van der Waals surface area contributed by atoms with Crippen LogP contribution in [0.2, 0.25) is 0 Å². The largest absolute Gasteiger partial charge is 0.481 e. The number of methoxy groups -OCH3 is 1. The Balaban J connectivity index is 2.06. The Bertz CT molecular complexity index is 487. The first-order valence-corrected chi connectivity index (χ1v) is 5.30. The van der Waals surface area contributed by atoms with Crippen LogP contribution in [0.25, 0.3) is 0 Å². The molecule has 5 nitrogen and oxygen atoms in total. The summed E-state index contributed by atoms with van der Waals surface area (Å²) in [7, 11) is 1.59. The number of pyridine rings is 1. The zero-order valence-corrected chi connectivity index (χ0v) is 9.84. The molecule has 0 amide bonds. The molecule has 0 fully saturated rings. The molecule has 2 aromatic heterocycles. The molecule has 0 unspecified atom stereocenters. The number of aromatic nitrogens is 3. The van der Waals surface area contributed by atoms with Crippen molar-refractivity contribution in [2.45, 2.75) is 13.5 Å². The molecule has 0 aliphatic rings. The van der Waals surface area contributed by atoms with Crippen LogP contribution in [0.3, 0.4) is 0 Å². The summed E-state index contributed by atoms with van der Waals surface area (Å²) in [4.78, 5) is 12.4. The van der Waals surface area contributed by atoms with Gasteiger partial charge in [-0.2, -0.15) is 4.98 Å². The van der Waals surface area contributed by atoms with E-state index in [0.717, 1.165) is 11.4 Å². The van der Waals surface area contributed by atoms with Crippen LogP contribution in [-0.2, 0) is 6.54 Å². The molecule has 0 radical (unpaired) electrons. The van der Waals surface area contributed by atoms with E-state index in [-0.39, 0.29) is 0 Å². The van der Waals surface area contributed by atoms with Crippen molar-refractivity contribution in [3.8, 4) is 5.88 Å². The normalized spacial score (nSPS) is 10.0. The lowest BCUT2D eigenvalue weighted by atomic mass is 10.3. The number of nitrogens with zero attached hydrogens (tertiary/aromatic N) is 3. The van der Waals surface area contributed by atoms with E-state index in [1.165, 1.54) is 0 Å². The van der Waals surface area contributed by atoms with Crippen LogP contribution in [0.15, 0.2) is 30.6 Å². The maximum Gasteiger partial charge on any atom is 0.218 e. The average molecular weight is 230 g/mol.